The third-order valence-corrected chi connectivity index (χ3v) is 3.04. The molecule has 0 aromatic heterocycles. The maximum absolute atomic E-state index is 12.5. The lowest BCUT2D eigenvalue weighted by Crippen LogP contribution is -2.26. The Morgan fingerprint density at radius 1 is 1.32 bits per heavy atom. The monoisotopic (exact) mass is 275 g/mol. The Morgan fingerprint density at radius 2 is 2.11 bits per heavy atom. The van der Waals surface area contributed by atoms with Gasteiger partial charge in [0.15, 0.2) is 0 Å². The predicted octanol–water partition coefficient (Wildman–Crippen LogP) is 3.24. The van der Waals surface area contributed by atoms with E-state index in [1.807, 2.05) is 0 Å². The fourth-order valence-electron chi connectivity index (χ4n) is 1.98. The molecule has 19 heavy (non-hydrogen) atoms. The lowest BCUT2D eigenvalue weighted by Gasteiger charge is -2.23. The van der Waals surface area contributed by atoms with Crippen molar-refractivity contribution in [3.05, 3.63) is 23.8 Å². The second-order valence-corrected chi connectivity index (χ2v) is 4.55. The van der Waals surface area contributed by atoms with Crippen LogP contribution in [0.4, 0.5) is 18.9 Å². The van der Waals surface area contributed by atoms with Crippen molar-refractivity contribution in [3.8, 4) is 5.75 Å². The van der Waals surface area contributed by atoms with Gasteiger partial charge in [0.25, 0.3) is 0 Å². The van der Waals surface area contributed by atoms with Crippen LogP contribution in [0, 0.1) is 0 Å². The standard InChI is InChI=1S/C13H16F3NO2/c14-13(15,16)9-4-5-12(11(17)7-9)19-8-10-3-1-2-6-18-10/h4-5,7,10H,1-3,6,8,17H2/t10-/m0/s1. The molecule has 1 saturated heterocycles. The van der Waals surface area contributed by atoms with Crippen LogP contribution in [0.5, 0.6) is 5.75 Å². The number of halogens is 3. The molecule has 106 valence electrons. The van der Waals surface area contributed by atoms with Gasteiger partial charge in [0, 0.05) is 6.61 Å². The van der Waals surface area contributed by atoms with Crippen LogP contribution in [0.25, 0.3) is 0 Å². The van der Waals surface area contributed by atoms with Crippen molar-refractivity contribution < 1.29 is 22.6 Å². The van der Waals surface area contributed by atoms with Crippen molar-refractivity contribution in [1.29, 1.82) is 0 Å². The second-order valence-electron chi connectivity index (χ2n) is 4.55. The minimum Gasteiger partial charge on any atom is -0.489 e. The van der Waals surface area contributed by atoms with Gasteiger partial charge in [-0.15, -0.1) is 0 Å². The van der Waals surface area contributed by atoms with Gasteiger partial charge in [-0.3, -0.25) is 0 Å². The van der Waals surface area contributed by atoms with Gasteiger partial charge in [-0.25, -0.2) is 0 Å². The van der Waals surface area contributed by atoms with Crippen molar-refractivity contribution in [2.24, 2.45) is 0 Å². The summed E-state index contributed by atoms with van der Waals surface area (Å²) in [5.41, 5.74) is 4.79. The van der Waals surface area contributed by atoms with E-state index in [0.717, 1.165) is 31.4 Å². The van der Waals surface area contributed by atoms with E-state index in [4.69, 9.17) is 15.2 Å². The molecule has 0 aliphatic carbocycles. The molecule has 0 unspecified atom stereocenters. The summed E-state index contributed by atoms with van der Waals surface area (Å²) in [5, 5.41) is 0. The van der Waals surface area contributed by atoms with Gasteiger partial charge >= 0.3 is 6.18 Å². The van der Waals surface area contributed by atoms with E-state index in [9.17, 15) is 13.2 Å². The van der Waals surface area contributed by atoms with Crippen LogP contribution in [0.1, 0.15) is 24.8 Å². The SMILES string of the molecule is Nc1cc(C(F)(F)F)ccc1OC[C@@H]1CCCCO1. The van der Waals surface area contributed by atoms with Crippen molar-refractivity contribution in [2.45, 2.75) is 31.5 Å². The summed E-state index contributed by atoms with van der Waals surface area (Å²) >= 11 is 0. The Balaban J connectivity index is 1.97. The van der Waals surface area contributed by atoms with Crippen LogP contribution >= 0.6 is 0 Å². The average Bonchev–Trinajstić information content (AvgIpc) is 2.37. The molecule has 0 radical (unpaired) electrons. The molecule has 0 amide bonds. The van der Waals surface area contributed by atoms with Gasteiger partial charge in [-0.2, -0.15) is 13.2 Å². The fourth-order valence-corrected chi connectivity index (χ4v) is 1.98. The normalized spacial score (nSPS) is 20.3. The smallest absolute Gasteiger partial charge is 0.416 e. The molecule has 6 heteroatoms. The molecule has 2 N–H and O–H groups in total. The first kappa shape index (κ1) is 14.0. The molecule has 0 spiro atoms. The van der Waals surface area contributed by atoms with Gasteiger partial charge in [-0.05, 0) is 37.5 Å². The van der Waals surface area contributed by atoms with Crippen LogP contribution in [0.15, 0.2) is 18.2 Å². The van der Waals surface area contributed by atoms with Gasteiger partial charge in [0.05, 0.1) is 17.4 Å². The van der Waals surface area contributed by atoms with E-state index in [1.165, 1.54) is 6.07 Å². The lowest BCUT2D eigenvalue weighted by atomic mass is 10.1. The highest BCUT2D eigenvalue weighted by Crippen LogP contribution is 2.33. The van der Waals surface area contributed by atoms with Crippen molar-refractivity contribution in [2.75, 3.05) is 18.9 Å². The largest absolute Gasteiger partial charge is 0.489 e. The highest BCUT2D eigenvalue weighted by Gasteiger charge is 2.31. The molecule has 1 aliphatic rings. The van der Waals surface area contributed by atoms with Crippen LogP contribution in [-0.2, 0) is 10.9 Å². The van der Waals surface area contributed by atoms with E-state index in [2.05, 4.69) is 0 Å². The highest BCUT2D eigenvalue weighted by atomic mass is 19.4. The van der Waals surface area contributed by atoms with Crippen LogP contribution in [-0.4, -0.2) is 19.3 Å². The molecule has 0 bridgehead atoms. The Labute approximate surface area is 109 Å². The second kappa shape index (κ2) is 5.69. The van der Waals surface area contributed by atoms with Crippen molar-refractivity contribution in [3.63, 3.8) is 0 Å². The summed E-state index contributed by atoms with van der Waals surface area (Å²) in [6, 6.07) is 3.10. The molecular weight excluding hydrogens is 259 g/mol. The third-order valence-electron chi connectivity index (χ3n) is 3.04. The number of benzene rings is 1. The Bertz CT molecular complexity index is 428. The summed E-state index contributed by atoms with van der Waals surface area (Å²) in [5.74, 6) is 0.266. The summed E-state index contributed by atoms with van der Waals surface area (Å²) < 4.78 is 48.3. The van der Waals surface area contributed by atoms with E-state index in [1.54, 1.807) is 0 Å². The highest BCUT2D eigenvalue weighted by molar-refractivity contribution is 5.54. The molecule has 1 aromatic carbocycles. The lowest BCUT2D eigenvalue weighted by molar-refractivity contribution is -0.137. The molecule has 3 nitrogen and oxygen atoms in total. The molecule has 0 saturated carbocycles. The summed E-state index contributed by atoms with van der Waals surface area (Å²) in [6.45, 7) is 1.02. The number of ether oxygens (including phenoxy) is 2. The maximum Gasteiger partial charge on any atom is 0.416 e. The zero-order valence-corrected chi connectivity index (χ0v) is 10.4. The first-order valence-corrected chi connectivity index (χ1v) is 6.18. The van der Waals surface area contributed by atoms with Crippen LogP contribution < -0.4 is 10.5 Å². The number of alkyl halides is 3. The van der Waals surface area contributed by atoms with Gasteiger partial charge in [0.2, 0.25) is 0 Å². The summed E-state index contributed by atoms with van der Waals surface area (Å²) in [4.78, 5) is 0. The van der Waals surface area contributed by atoms with Gasteiger partial charge in [-0.1, -0.05) is 0 Å². The topological polar surface area (TPSA) is 44.5 Å². The zero-order valence-electron chi connectivity index (χ0n) is 10.4. The Kier molecular flexibility index (Phi) is 4.19. The number of hydrogen-bond acceptors (Lipinski definition) is 3. The number of nitrogens with two attached hydrogens (primary N) is 1. The van der Waals surface area contributed by atoms with E-state index < -0.39 is 11.7 Å². The van der Waals surface area contributed by atoms with E-state index in [-0.39, 0.29) is 17.5 Å². The minimum atomic E-state index is -4.39. The van der Waals surface area contributed by atoms with Crippen LogP contribution in [0.2, 0.25) is 0 Å². The van der Waals surface area contributed by atoms with Gasteiger partial charge in [0.1, 0.15) is 12.4 Å². The molecule has 1 atom stereocenters. The number of nitrogen functional groups attached to an aromatic ring is 1. The number of anilines is 1. The first-order chi connectivity index (χ1) is 8.97. The molecule has 2 rings (SSSR count). The number of rotatable bonds is 3. The predicted molar refractivity (Wildman–Crippen MR) is 64.9 cm³/mol. The number of hydrogen-bond donors (Lipinski definition) is 1. The average molecular weight is 275 g/mol. The molecular formula is C13H16F3NO2. The molecule has 1 fully saturated rings. The van der Waals surface area contributed by atoms with Crippen LogP contribution in [0.3, 0.4) is 0 Å². The van der Waals surface area contributed by atoms with E-state index in [0.29, 0.717) is 13.2 Å². The third kappa shape index (κ3) is 3.76. The fraction of sp³-hybridized carbons (Fsp3) is 0.538. The minimum absolute atomic E-state index is 0.00422. The zero-order chi connectivity index (χ0) is 13.9. The summed E-state index contributed by atoms with van der Waals surface area (Å²) in [7, 11) is 0. The maximum atomic E-state index is 12.5. The molecule has 1 aromatic rings. The van der Waals surface area contributed by atoms with E-state index >= 15 is 0 Å². The van der Waals surface area contributed by atoms with Gasteiger partial charge < -0.3 is 15.2 Å². The first-order valence-electron chi connectivity index (χ1n) is 6.18. The molecule has 1 aliphatic heterocycles. The quantitative estimate of drug-likeness (QED) is 0.861. The van der Waals surface area contributed by atoms with Crippen molar-refractivity contribution in [1.82, 2.24) is 0 Å². The van der Waals surface area contributed by atoms with Crippen molar-refractivity contribution >= 4 is 5.69 Å². The molecule has 1 heterocycles. The Hall–Kier alpha value is -1.43. The summed E-state index contributed by atoms with van der Waals surface area (Å²) in [6.07, 6.45) is -1.37. The Morgan fingerprint density at radius 3 is 2.68 bits per heavy atom.